The van der Waals surface area contributed by atoms with Gasteiger partial charge in [0.2, 0.25) is 5.91 Å². The van der Waals surface area contributed by atoms with Crippen LogP contribution in [0.4, 0.5) is 0 Å². The van der Waals surface area contributed by atoms with E-state index in [2.05, 4.69) is 43.2 Å². The molecule has 0 radical (unpaired) electrons. The highest BCUT2D eigenvalue weighted by Gasteiger charge is 2.16. The first-order chi connectivity index (χ1) is 11.0. The quantitative estimate of drug-likeness (QED) is 0.864. The molecule has 0 unspecified atom stereocenters. The number of hydrogen-bond acceptors (Lipinski definition) is 4. The molecule has 2 rings (SSSR count). The molecule has 0 aliphatic carbocycles. The summed E-state index contributed by atoms with van der Waals surface area (Å²) in [4.78, 5) is 16.4. The molecule has 1 N–H and O–H groups in total. The van der Waals surface area contributed by atoms with Gasteiger partial charge in [0.15, 0.2) is 0 Å². The molecule has 1 fully saturated rings. The number of nitrogens with zero attached hydrogens (tertiary/aromatic N) is 2. The Kier molecular flexibility index (Phi) is 6.42. The molecule has 0 bridgehead atoms. The third kappa shape index (κ3) is 4.94. The van der Waals surface area contributed by atoms with Gasteiger partial charge in [-0.3, -0.25) is 4.79 Å². The standard InChI is InChI=1S/C18H29N3O2/c1-14-11-16(12-15(2)18(14)23-4)13-20(3)8-5-17(22)21-9-6-19-7-10-21/h11-12,19H,5-10,13H2,1-4H3. The Morgan fingerprint density at radius 2 is 1.87 bits per heavy atom. The van der Waals surface area contributed by atoms with Crippen LogP contribution in [0.5, 0.6) is 5.75 Å². The fourth-order valence-corrected chi connectivity index (χ4v) is 3.20. The van der Waals surface area contributed by atoms with Gasteiger partial charge in [-0.15, -0.1) is 0 Å². The van der Waals surface area contributed by atoms with E-state index in [1.165, 1.54) is 5.56 Å². The Labute approximate surface area is 139 Å². The van der Waals surface area contributed by atoms with Gasteiger partial charge >= 0.3 is 0 Å². The second-order valence-corrected chi connectivity index (χ2v) is 6.38. The van der Waals surface area contributed by atoms with E-state index in [4.69, 9.17) is 4.74 Å². The third-order valence-corrected chi connectivity index (χ3v) is 4.35. The molecule has 1 heterocycles. The van der Waals surface area contributed by atoms with E-state index in [-0.39, 0.29) is 5.91 Å². The second kappa shape index (κ2) is 8.31. The van der Waals surface area contributed by atoms with Gasteiger partial charge in [0.1, 0.15) is 5.75 Å². The van der Waals surface area contributed by atoms with E-state index in [1.807, 2.05) is 4.90 Å². The number of carbonyl (C=O) groups excluding carboxylic acids is 1. The van der Waals surface area contributed by atoms with Crippen LogP contribution in [-0.4, -0.2) is 62.6 Å². The number of aryl methyl sites for hydroxylation is 2. The lowest BCUT2D eigenvalue weighted by molar-refractivity contribution is -0.132. The first-order valence-corrected chi connectivity index (χ1v) is 8.32. The van der Waals surface area contributed by atoms with Gasteiger partial charge in [-0.1, -0.05) is 12.1 Å². The molecule has 1 saturated heterocycles. The predicted octanol–water partition coefficient (Wildman–Crippen LogP) is 1.57. The van der Waals surface area contributed by atoms with Crippen molar-refractivity contribution in [2.45, 2.75) is 26.8 Å². The summed E-state index contributed by atoms with van der Waals surface area (Å²) in [5.41, 5.74) is 3.58. The summed E-state index contributed by atoms with van der Waals surface area (Å²) in [6.07, 6.45) is 0.588. The maximum atomic E-state index is 12.2. The molecule has 0 aromatic heterocycles. The highest BCUT2D eigenvalue weighted by molar-refractivity contribution is 5.76. The average Bonchev–Trinajstić information content (AvgIpc) is 2.53. The number of rotatable bonds is 6. The van der Waals surface area contributed by atoms with Crippen molar-refractivity contribution in [3.8, 4) is 5.75 Å². The highest BCUT2D eigenvalue weighted by Crippen LogP contribution is 2.24. The number of ether oxygens (including phenoxy) is 1. The summed E-state index contributed by atoms with van der Waals surface area (Å²) in [6, 6.07) is 4.33. The van der Waals surface area contributed by atoms with Crippen LogP contribution in [0.25, 0.3) is 0 Å². The van der Waals surface area contributed by atoms with Crippen LogP contribution in [0.15, 0.2) is 12.1 Å². The smallest absolute Gasteiger partial charge is 0.223 e. The van der Waals surface area contributed by atoms with Crippen molar-refractivity contribution in [2.24, 2.45) is 0 Å². The van der Waals surface area contributed by atoms with Crippen LogP contribution in [0, 0.1) is 13.8 Å². The Bertz CT molecular complexity index is 516. The molecule has 0 spiro atoms. The van der Waals surface area contributed by atoms with Gasteiger partial charge in [0.05, 0.1) is 7.11 Å². The zero-order chi connectivity index (χ0) is 16.8. The number of hydrogen-bond donors (Lipinski definition) is 1. The molecule has 5 nitrogen and oxygen atoms in total. The van der Waals surface area contributed by atoms with Crippen molar-refractivity contribution < 1.29 is 9.53 Å². The van der Waals surface area contributed by atoms with Gasteiger partial charge < -0.3 is 19.9 Å². The molecule has 0 atom stereocenters. The summed E-state index contributed by atoms with van der Waals surface area (Å²) < 4.78 is 5.41. The number of amides is 1. The van der Waals surface area contributed by atoms with Crippen LogP contribution < -0.4 is 10.1 Å². The van der Waals surface area contributed by atoms with Crippen molar-refractivity contribution in [1.29, 1.82) is 0 Å². The number of benzene rings is 1. The highest BCUT2D eigenvalue weighted by atomic mass is 16.5. The molecular formula is C18H29N3O2. The number of methoxy groups -OCH3 is 1. The molecule has 5 heteroatoms. The zero-order valence-corrected chi connectivity index (χ0v) is 14.8. The van der Waals surface area contributed by atoms with Crippen LogP contribution in [-0.2, 0) is 11.3 Å². The van der Waals surface area contributed by atoms with E-state index in [0.717, 1.165) is 56.1 Å². The van der Waals surface area contributed by atoms with Gasteiger partial charge in [0.25, 0.3) is 0 Å². The van der Waals surface area contributed by atoms with Crippen molar-refractivity contribution in [3.63, 3.8) is 0 Å². The summed E-state index contributed by atoms with van der Waals surface area (Å²) >= 11 is 0. The second-order valence-electron chi connectivity index (χ2n) is 6.38. The van der Waals surface area contributed by atoms with Crippen molar-refractivity contribution in [1.82, 2.24) is 15.1 Å². The van der Waals surface area contributed by atoms with Crippen molar-refractivity contribution >= 4 is 5.91 Å². The van der Waals surface area contributed by atoms with Gasteiger partial charge in [-0.2, -0.15) is 0 Å². The molecule has 23 heavy (non-hydrogen) atoms. The fraction of sp³-hybridized carbons (Fsp3) is 0.611. The lowest BCUT2D eigenvalue weighted by Gasteiger charge is -2.28. The van der Waals surface area contributed by atoms with Gasteiger partial charge in [0, 0.05) is 45.7 Å². The number of nitrogens with one attached hydrogen (secondary N) is 1. The third-order valence-electron chi connectivity index (χ3n) is 4.35. The van der Waals surface area contributed by atoms with Crippen molar-refractivity contribution in [3.05, 3.63) is 28.8 Å². The largest absolute Gasteiger partial charge is 0.496 e. The summed E-state index contributed by atoms with van der Waals surface area (Å²) in [6.45, 7) is 9.26. The maximum absolute atomic E-state index is 12.2. The summed E-state index contributed by atoms with van der Waals surface area (Å²) in [5, 5.41) is 3.27. The molecule has 1 amide bonds. The van der Waals surface area contributed by atoms with E-state index in [1.54, 1.807) is 7.11 Å². The Morgan fingerprint density at radius 1 is 1.26 bits per heavy atom. The molecule has 128 valence electrons. The number of carbonyl (C=O) groups is 1. The Morgan fingerprint density at radius 3 is 2.43 bits per heavy atom. The molecule has 1 aromatic carbocycles. The minimum absolute atomic E-state index is 0.264. The molecule has 1 aliphatic heterocycles. The number of piperazine rings is 1. The van der Waals surface area contributed by atoms with E-state index in [0.29, 0.717) is 6.42 Å². The molecule has 1 aliphatic rings. The normalized spacial score (nSPS) is 15.1. The van der Waals surface area contributed by atoms with Crippen LogP contribution >= 0.6 is 0 Å². The van der Waals surface area contributed by atoms with Crippen LogP contribution in [0.1, 0.15) is 23.1 Å². The molecule has 1 aromatic rings. The summed E-state index contributed by atoms with van der Waals surface area (Å²) in [5.74, 6) is 1.23. The maximum Gasteiger partial charge on any atom is 0.223 e. The predicted molar refractivity (Wildman–Crippen MR) is 92.9 cm³/mol. The molecule has 0 saturated carbocycles. The van der Waals surface area contributed by atoms with E-state index >= 15 is 0 Å². The fourth-order valence-electron chi connectivity index (χ4n) is 3.20. The topological polar surface area (TPSA) is 44.8 Å². The van der Waals surface area contributed by atoms with Gasteiger partial charge in [-0.25, -0.2) is 0 Å². The zero-order valence-electron chi connectivity index (χ0n) is 14.8. The minimum Gasteiger partial charge on any atom is -0.496 e. The van der Waals surface area contributed by atoms with Crippen LogP contribution in [0.3, 0.4) is 0 Å². The van der Waals surface area contributed by atoms with Crippen LogP contribution in [0.2, 0.25) is 0 Å². The Balaban J connectivity index is 1.84. The first kappa shape index (κ1) is 17.8. The Hall–Kier alpha value is -1.59. The minimum atomic E-state index is 0.264. The lowest BCUT2D eigenvalue weighted by Crippen LogP contribution is -2.47. The van der Waals surface area contributed by atoms with Crippen molar-refractivity contribution in [2.75, 3.05) is 46.9 Å². The summed E-state index contributed by atoms with van der Waals surface area (Å²) in [7, 11) is 3.78. The average molecular weight is 319 g/mol. The lowest BCUT2D eigenvalue weighted by atomic mass is 10.1. The molecular weight excluding hydrogens is 290 g/mol. The monoisotopic (exact) mass is 319 g/mol. The van der Waals surface area contributed by atoms with E-state index in [9.17, 15) is 4.79 Å². The van der Waals surface area contributed by atoms with E-state index < -0.39 is 0 Å². The SMILES string of the molecule is COc1c(C)cc(CN(C)CCC(=O)N2CCNCC2)cc1C. The first-order valence-electron chi connectivity index (χ1n) is 8.32. The van der Waals surface area contributed by atoms with Gasteiger partial charge in [-0.05, 0) is 37.6 Å².